The lowest BCUT2D eigenvalue weighted by molar-refractivity contribution is 0.211. The van der Waals surface area contributed by atoms with Gasteiger partial charge >= 0.3 is 0 Å². The van der Waals surface area contributed by atoms with E-state index in [1.807, 2.05) is 0 Å². The number of hydrogen-bond acceptors (Lipinski definition) is 5. The molecule has 0 aliphatic carbocycles. The first-order valence-corrected chi connectivity index (χ1v) is 8.11. The molecule has 4 nitrogen and oxygen atoms in total. The van der Waals surface area contributed by atoms with Crippen molar-refractivity contribution in [3.05, 3.63) is 17.2 Å². The van der Waals surface area contributed by atoms with E-state index in [4.69, 9.17) is 9.47 Å². The Morgan fingerprint density at radius 3 is 2.71 bits per heavy atom. The summed E-state index contributed by atoms with van der Waals surface area (Å²) in [6.07, 6.45) is 0. The molecule has 116 valence electrons. The van der Waals surface area contributed by atoms with Gasteiger partial charge in [0.1, 0.15) is 5.75 Å². The molecule has 0 atom stereocenters. The van der Waals surface area contributed by atoms with Crippen LogP contribution in [0.15, 0.2) is 6.07 Å². The van der Waals surface area contributed by atoms with Gasteiger partial charge in [-0.2, -0.15) is 0 Å². The third-order valence-corrected chi connectivity index (χ3v) is 4.32. The molecule has 1 N–H and O–H groups in total. The first-order valence-electron chi connectivity index (χ1n) is 7.29. The van der Waals surface area contributed by atoms with Gasteiger partial charge in [0.05, 0.1) is 23.4 Å². The van der Waals surface area contributed by atoms with Crippen LogP contribution in [-0.2, 0) is 4.74 Å². The zero-order valence-electron chi connectivity index (χ0n) is 13.4. The smallest absolute Gasteiger partial charge is 0.183 e. The summed E-state index contributed by atoms with van der Waals surface area (Å²) in [5, 5.41) is 4.23. The summed E-state index contributed by atoms with van der Waals surface area (Å²) in [5.41, 5.74) is 3.44. The fourth-order valence-corrected chi connectivity index (χ4v) is 3.01. The van der Waals surface area contributed by atoms with Crippen LogP contribution in [0.25, 0.3) is 10.2 Å². The van der Waals surface area contributed by atoms with Crippen molar-refractivity contribution in [3.8, 4) is 5.75 Å². The zero-order valence-corrected chi connectivity index (χ0v) is 14.3. The number of ether oxygens (including phenoxy) is 2. The molecule has 0 radical (unpaired) electrons. The third kappa shape index (κ3) is 3.86. The summed E-state index contributed by atoms with van der Waals surface area (Å²) in [7, 11) is 1.70. The van der Waals surface area contributed by atoms with Crippen LogP contribution in [-0.4, -0.2) is 31.9 Å². The van der Waals surface area contributed by atoms with Gasteiger partial charge in [-0.3, -0.25) is 0 Å². The van der Waals surface area contributed by atoms with E-state index in [0.717, 1.165) is 34.2 Å². The number of aryl methyl sites for hydroxylation is 1. The Hall–Kier alpha value is -1.33. The van der Waals surface area contributed by atoms with E-state index >= 15 is 0 Å². The van der Waals surface area contributed by atoms with Crippen molar-refractivity contribution in [1.29, 1.82) is 0 Å². The van der Waals surface area contributed by atoms with E-state index in [2.05, 4.69) is 44.1 Å². The maximum absolute atomic E-state index is 5.93. The Balaban J connectivity index is 2.26. The van der Waals surface area contributed by atoms with Crippen LogP contribution in [0.1, 0.15) is 25.0 Å². The SMILES string of the molecule is COCCNc1nc2c(C)c(C)c(OCC(C)C)cc2s1. The molecule has 1 heterocycles. The van der Waals surface area contributed by atoms with Crippen molar-refractivity contribution >= 4 is 26.7 Å². The molecule has 0 spiro atoms. The molecule has 0 aliphatic rings. The topological polar surface area (TPSA) is 43.4 Å². The molecule has 1 aromatic heterocycles. The van der Waals surface area contributed by atoms with Crippen LogP contribution in [0.5, 0.6) is 5.75 Å². The van der Waals surface area contributed by atoms with Crippen molar-refractivity contribution in [2.45, 2.75) is 27.7 Å². The summed E-state index contributed by atoms with van der Waals surface area (Å²) < 4.78 is 12.1. The second-order valence-corrected chi connectivity index (χ2v) is 6.65. The summed E-state index contributed by atoms with van der Waals surface area (Å²) in [6, 6.07) is 2.11. The summed E-state index contributed by atoms with van der Waals surface area (Å²) in [6.45, 7) is 10.7. The summed E-state index contributed by atoms with van der Waals surface area (Å²) >= 11 is 1.66. The molecule has 21 heavy (non-hydrogen) atoms. The number of rotatable bonds is 7. The number of anilines is 1. The van der Waals surface area contributed by atoms with Crippen molar-refractivity contribution in [1.82, 2.24) is 4.98 Å². The Morgan fingerprint density at radius 1 is 1.29 bits per heavy atom. The van der Waals surface area contributed by atoms with E-state index < -0.39 is 0 Å². The van der Waals surface area contributed by atoms with E-state index in [0.29, 0.717) is 12.5 Å². The number of hydrogen-bond donors (Lipinski definition) is 1. The molecular formula is C16H24N2O2S. The highest BCUT2D eigenvalue weighted by Crippen LogP contribution is 2.35. The molecule has 0 fully saturated rings. The van der Waals surface area contributed by atoms with Gasteiger partial charge < -0.3 is 14.8 Å². The molecule has 5 heteroatoms. The number of nitrogens with one attached hydrogen (secondary N) is 1. The van der Waals surface area contributed by atoms with Gasteiger partial charge in [0.2, 0.25) is 0 Å². The van der Waals surface area contributed by atoms with Gasteiger partial charge in [-0.25, -0.2) is 4.98 Å². The summed E-state index contributed by atoms with van der Waals surface area (Å²) in [5.74, 6) is 1.49. The van der Waals surface area contributed by atoms with Crippen molar-refractivity contribution in [2.24, 2.45) is 5.92 Å². The molecule has 0 unspecified atom stereocenters. The van der Waals surface area contributed by atoms with Gasteiger partial charge in [-0.15, -0.1) is 0 Å². The number of nitrogens with zero attached hydrogens (tertiary/aromatic N) is 1. The highest BCUT2D eigenvalue weighted by Gasteiger charge is 2.13. The van der Waals surface area contributed by atoms with Crippen LogP contribution >= 0.6 is 11.3 Å². The molecule has 0 saturated heterocycles. The van der Waals surface area contributed by atoms with Crippen LogP contribution < -0.4 is 10.1 Å². The first-order chi connectivity index (χ1) is 10.0. The standard InChI is InChI=1S/C16H24N2O2S/c1-10(2)9-20-13-8-14-15(12(4)11(13)3)18-16(21-14)17-6-7-19-5/h8,10H,6-7,9H2,1-5H3,(H,17,18). The van der Waals surface area contributed by atoms with Crippen molar-refractivity contribution in [3.63, 3.8) is 0 Å². The zero-order chi connectivity index (χ0) is 15.4. The Bertz CT molecular complexity index is 608. The lowest BCUT2D eigenvalue weighted by Crippen LogP contribution is -2.07. The van der Waals surface area contributed by atoms with Gasteiger partial charge in [0.15, 0.2) is 5.13 Å². The third-order valence-electron chi connectivity index (χ3n) is 3.36. The minimum atomic E-state index is 0.521. The van der Waals surface area contributed by atoms with Crippen LogP contribution in [0.4, 0.5) is 5.13 Å². The molecule has 0 saturated carbocycles. The van der Waals surface area contributed by atoms with Crippen molar-refractivity contribution in [2.75, 3.05) is 32.2 Å². The minimum Gasteiger partial charge on any atom is -0.493 e. The second-order valence-electron chi connectivity index (χ2n) is 5.61. The molecule has 2 aromatic rings. The largest absolute Gasteiger partial charge is 0.493 e. The predicted molar refractivity (Wildman–Crippen MR) is 89.8 cm³/mol. The molecule has 0 aliphatic heterocycles. The fourth-order valence-electron chi connectivity index (χ4n) is 2.03. The highest BCUT2D eigenvalue weighted by atomic mass is 32.1. The van der Waals surface area contributed by atoms with E-state index in [9.17, 15) is 0 Å². The van der Waals surface area contributed by atoms with Gasteiger partial charge in [-0.05, 0) is 37.0 Å². The molecule has 0 amide bonds. The second kappa shape index (κ2) is 7.09. The van der Waals surface area contributed by atoms with E-state index in [1.165, 1.54) is 11.1 Å². The van der Waals surface area contributed by atoms with Crippen LogP contribution in [0.3, 0.4) is 0 Å². The lowest BCUT2D eigenvalue weighted by atomic mass is 10.1. The number of aromatic nitrogens is 1. The quantitative estimate of drug-likeness (QED) is 0.785. The van der Waals surface area contributed by atoms with Gasteiger partial charge in [0, 0.05) is 13.7 Å². The lowest BCUT2D eigenvalue weighted by Gasteiger charge is -2.13. The van der Waals surface area contributed by atoms with E-state index in [1.54, 1.807) is 18.4 Å². The predicted octanol–water partition coefficient (Wildman–Crippen LogP) is 4.01. The van der Waals surface area contributed by atoms with E-state index in [-0.39, 0.29) is 0 Å². The fraction of sp³-hybridized carbons (Fsp3) is 0.562. The molecular weight excluding hydrogens is 284 g/mol. The average Bonchev–Trinajstić information content (AvgIpc) is 2.84. The van der Waals surface area contributed by atoms with Crippen LogP contribution in [0.2, 0.25) is 0 Å². The Kier molecular flexibility index (Phi) is 5.42. The Morgan fingerprint density at radius 2 is 2.05 bits per heavy atom. The highest BCUT2D eigenvalue weighted by molar-refractivity contribution is 7.22. The first kappa shape index (κ1) is 16.0. The number of benzene rings is 1. The minimum absolute atomic E-state index is 0.521. The molecule has 2 rings (SSSR count). The number of methoxy groups -OCH3 is 1. The number of fused-ring (bicyclic) bond motifs is 1. The van der Waals surface area contributed by atoms with Gasteiger partial charge in [-0.1, -0.05) is 25.2 Å². The molecule has 0 bridgehead atoms. The average molecular weight is 308 g/mol. The van der Waals surface area contributed by atoms with Crippen LogP contribution in [0, 0.1) is 19.8 Å². The monoisotopic (exact) mass is 308 g/mol. The normalized spacial score (nSPS) is 11.3. The summed E-state index contributed by atoms with van der Waals surface area (Å²) in [4.78, 5) is 4.68. The maximum atomic E-state index is 5.93. The van der Waals surface area contributed by atoms with Gasteiger partial charge in [0.25, 0.3) is 0 Å². The van der Waals surface area contributed by atoms with Crippen molar-refractivity contribution < 1.29 is 9.47 Å². The number of thiazole rings is 1. The molecule has 1 aromatic carbocycles. The maximum Gasteiger partial charge on any atom is 0.183 e. The Labute approximate surface area is 130 Å².